The molecule has 0 atom stereocenters. The van der Waals surface area contributed by atoms with Gasteiger partial charge in [-0.2, -0.15) is 0 Å². The number of para-hydroxylation sites is 1. The van der Waals surface area contributed by atoms with Crippen molar-refractivity contribution in [1.82, 2.24) is 10.3 Å². The normalized spacial score (nSPS) is 10.6. The Kier molecular flexibility index (Phi) is 5.42. The van der Waals surface area contributed by atoms with Crippen molar-refractivity contribution in [2.45, 2.75) is 13.8 Å². The van der Waals surface area contributed by atoms with Gasteiger partial charge >= 0.3 is 0 Å². The molecular weight excluding hydrogens is 394 g/mol. The van der Waals surface area contributed by atoms with Crippen molar-refractivity contribution < 1.29 is 9.53 Å². The second-order valence-corrected chi connectivity index (χ2v) is 6.70. The summed E-state index contributed by atoms with van der Waals surface area (Å²) in [6.45, 7) is 4.46. The number of carbonyl (C=O) groups is 1. The smallest absolute Gasteiger partial charge is 0.254 e. The molecule has 0 aliphatic rings. The van der Waals surface area contributed by atoms with Crippen LogP contribution in [0.5, 0.6) is 5.75 Å². The van der Waals surface area contributed by atoms with Crippen LogP contribution >= 0.6 is 15.9 Å². The summed E-state index contributed by atoms with van der Waals surface area (Å²) in [5, 5.41) is 7.09. The minimum Gasteiger partial charge on any atom is -0.496 e. The lowest BCUT2D eigenvalue weighted by atomic mass is 10.1. The Balaban J connectivity index is 2.24. The molecule has 5 nitrogen and oxygen atoms in total. The number of aryl methyl sites for hydroxylation is 1. The standard InChI is InChI=1S/C20H20BrN3O2/c1-4-22-20(25)14-11-23-17-10-15(21)18(26-3)9-13(17)19(14)24-16-8-6-5-7-12(16)2/h5-11H,4H2,1-3H3,(H,22,25)(H,23,24). The molecule has 3 rings (SSSR count). The first-order valence-electron chi connectivity index (χ1n) is 8.32. The first-order chi connectivity index (χ1) is 12.5. The number of rotatable bonds is 5. The van der Waals surface area contributed by atoms with E-state index in [1.807, 2.05) is 50.2 Å². The van der Waals surface area contributed by atoms with Crippen LogP contribution in [-0.2, 0) is 0 Å². The van der Waals surface area contributed by atoms with Gasteiger partial charge in [-0.05, 0) is 53.5 Å². The molecule has 0 aliphatic carbocycles. The third-order valence-electron chi connectivity index (χ3n) is 4.13. The van der Waals surface area contributed by atoms with Crippen LogP contribution in [0.15, 0.2) is 47.1 Å². The molecule has 0 aliphatic heterocycles. The lowest BCUT2D eigenvalue weighted by Crippen LogP contribution is -2.24. The number of carbonyl (C=O) groups excluding carboxylic acids is 1. The maximum atomic E-state index is 12.6. The largest absolute Gasteiger partial charge is 0.496 e. The number of methoxy groups -OCH3 is 1. The third-order valence-corrected chi connectivity index (χ3v) is 4.75. The zero-order chi connectivity index (χ0) is 18.7. The summed E-state index contributed by atoms with van der Waals surface area (Å²) in [6, 6.07) is 11.7. The molecule has 2 aromatic carbocycles. The van der Waals surface area contributed by atoms with Gasteiger partial charge in [0.05, 0.1) is 28.4 Å². The number of nitrogens with one attached hydrogen (secondary N) is 2. The highest BCUT2D eigenvalue weighted by molar-refractivity contribution is 9.10. The SMILES string of the molecule is CCNC(=O)c1cnc2cc(Br)c(OC)cc2c1Nc1ccccc1C. The van der Waals surface area contributed by atoms with Gasteiger partial charge in [0.15, 0.2) is 0 Å². The number of aromatic nitrogens is 1. The summed E-state index contributed by atoms with van der Waals surface area (Å²) in [5.41, 5.74) is 3.99. The number of anilines is 2. The Morgan fingerprint density at radius 3 is 2.73 bits per heavy atom. The van der Waals surface area contributed by atoms with E-state index < -0.39 is 0 Å². The number of hydrogen-bond acceptors (Lipinski definition) is 4. The van der Waals surface area contributed by atoms with E-state index in [9.17, 15) is 4.79 Å². The molecule has 0 radical (unpaired) electrons. The van der Waals surface area contributed by atoms with E-state index in [1.54, 1.807) is 13.3 Å². The highest BCUT2D eigenvalue weighted by Gasteiger charge is 2.17. The van der Waals surface area contributed by atoms with Gasteiger partial charge in [-0.3, -0.25) is 9.78 Å². The average molecular weight is 414 g/mol. The quantitative estimate of drug-likeness (QED) is 0.629. The zero-order valence-electron chi connectivity index (χ0n) is 14.9. The second kappa shape index (κ2) is 7.74. The first-order valence-corrected chi connectivity index (χ1v) is 9.11. The van der Waals surface area contributed by atoms with Gasteiger partial charge in [0, 0.05) is 23.8 Å². The van der Waals surface area contributed by atoms with Gasteiger partial charge in [-0.25, -0.2) is 0 Å². The van der Waals surface area contributed by atoms with Gasteiger partial charge in [0.2, 0.25) is 0 Å². The van der Waals surface area contributed by atoms with Crippen molar-refractivity contribution in [1.29, 1.82) is 0 Å². The summed E-state index contributed by atoms with van der Waals surface area (Å²) in [7, 11) is 1.61. The van der Waals surface area contributed by atoms with Gasteiger partial charge in [0.25, 0.3) is 5.91 Å². The number of halogens is 1. The Morgan fingerprint density at radius 2 is 2.04 bits per heavy atom. The topological polar surface area (TPSA) is 63.2 Å². The molecule has 0 saturated carbocycles. The fraction of sp³-hybridized carbons (Fsp3) is 0.200. The monoisotopic (exact) mass is 413 g/mol. The Hall–Kier alpha value is -2.60. The number of amides is 1. The molecule has 134 valence electrons. The molecular formula is C20H20BrN3O2. The van der Waals surface area contributed by atoms with Crippen molar-refractivity contribution >= 4 is 44.1 Å². The predicted molar refractivity (Wildman–Crippen MR) is 108 cm³/mol. The molecule has 0 unspecified atom stereocenters. The number of nitrogens with zero attached hydrogens (tertiary/aromatic N) is 1. The van der Waals surface area contributed by atoms with E-state index in [0.717, 1.165) is 26.6 Å². The highest BCUT2D eigenvalue weighted by Crippen LogP contribution is 2.36. The fourth-order valence-electron chi connectivity index (χ4n) is 2.76. The van der Waals surface area contributed by atoms with Crippen molar-refractivity contribution in [2.24, 2.45) is 0 Å². The van der Waals surface area contributed by atoms with Crippen LogP contribution in [0.2, 0.25) is 0 Å². The molecule has 0 bridgehead atoms. The van der Waals surface area contributed by atoms with Crippen molar-refractivity contribution in [3.8, 4) is 5.75 Å². The fourth-order valence-corrected chi connectivity index (χ4v) is 3.25. The molecule has 0 fully saturated rings. The molecule has 1 amide bonds. The minimum atomic E-state index is -0.167. The summed E-state index contributed by atoms with van der Waals surface area (Å²) >= 11 is 3.49. The maximum absolute atomic E-state index is 12.6. The number of ether oxygens (including phenoxy) is 1. The summed E-state index contributed by atoms with van der Waals surface area (Å²) in [6.07, 6.45) is 1.60. The summed E-state index contributed by atoms with van der Waals surface area (Å²) < 4.78 is 6.24. The molecule has 0 spiro atoms. The number of pyridine rings is 1. The van der Waals surface area contributed by atoms with Crippen LogP contribution in [0.4, 0.5) is 11.4 Å². The first kappa shape index (κ1) is 18.2. The maximum Gasteiger partial charge on any atom is 0.254 e. The molecule has 6 heteroatoms. The van der Waals surface area contributed by atoms with E-state index in [-0.39, 0.29) is 5.91 Å². The lowest BCUT2D eigenvalue weighted by molar-refractivity contribution is 0.0956. The Bertz CT molecular complexity index is 973. The van der Waals surface area contributed by atoms with Gasteiger partial charge in [-0.1, -0.05) is 18.2 Å². The molecule has 1 aromatic heterocycles. The molecule has 26 heavy (non-hydrogen) atoms. The van der Waals surface area contributed by atoms with E-state index >= 15 is 0 Å². The van der Waals surface area contributed by atoms with Crippen molar-refractivity contribution in [3.05, 3.63) is 58.2 Å². The Morgan fingerprint density at radius 1 is 1.27 bits per heavy atom. The van der Waals surface area contributed by atoms with Gasteiger partial charge < -0.3 is 15.4 Å². The van der Waals surface area contributed by atoms with E-state index in [4.69, 9.17) is 4.74 Å². The van der Waals surface area contributed by atoms with Crippen LogP contribution < -0.4 is 15.4 Å². The van der Waals surface area contributed by atoms with Crippen LogP contribution in [0.3, 0.4) is 0 Å². The van der Waals surface area contributed by atoms with Gasteiger partial charge in [0.1, 0.15) is 5.75 Å². The molecule has 0 saturated heterocycles. The average Bonchev–Trinajstić information content (AvgIpc) is 2.63. The van der Waals surface area contributed by atoms with E-state index in [1.165, 1.54) is 0 Å². The van der Waals surface area contributed by atoms with E-state index in [0.29, 0.717) is 23.5 Å². The molecule has 2 N–H and O–H groups in total. The van der Waals surface area contributed by atoms with Crippen molar-refractivity contribution in [3.63, 3.8) is 0 Å². The third kappa shape index (κ3) is 3.51. The Labute approximate surface area is 160 Å². The number of benzene rings is 2. The highest BCUT2D eigenvalue weighted by atomic mass is 79.9. The zero-order valence-corrected chi connectivity index (χ0v) is 16.5. The van der Waals surface area contributed by atoms with Crippen molar-refractivity contribution in [2.75, 3.05) is 19.0 Å². The van der Waals surface area contributed by atoms with Crippen LogP contribution in [0.25, 0.3) is 10.9 Å². The van der Waals surface area contributed by atoms with Gasteiger partial charge in [-0.15, -0.1) is 0 Å². The van der Waals surface area contributed by atoms with E-state index in [2.05, 4.69) is 31.5 Å². The number of hydrogen-bond donors (Lipinski definition) is 2. The predicted octanol–water partition coefficient (Wildman–Crippen LogP) is 4.81. The van der Waals surface area contributed by atoms with Crippen LogP contribution in [0, 0.1) is 6.92 Å². The summed E-state index contributed by atoms with van der Waals surface area (Å²) in [4.78, 5) is 17.0. The summed E-state index contributed by atoms with van der Waals surface area (Å²) in [5.74, 6) is 0.514. The molecule has 1 heterocycles. The number of fused-ring (bicyclic) bond motifs is 1. The molecule has 3 aromatic rings. The van der Waals surface area contributed by atoms with Crippen LogP contribution in [0.1, 0.15) is 22.8 Å². The van der Waals surface area contributed by atoms with Crippen LogP contribution in [-0.4, -0.2) is 24.5 Å². The second-order valence-electron chi connectivity index (χ2n) is 5.85. The lowest BCUT2D eigenvalue weighted by Gasteiger charge is -2.17. The minimum absolute atomic E-state index is 0.167.